The van der Waals surface area contributed by atoms with Crippen molar-refractivity contribution in [1.29, 1.82) is 0 Å². The van der Waals surface area contributed by atoms with Crippen LogP contribution < -0.4 is 5.32 Å². The Hall–Kier alpha value is -0.460. The minimum atomic E-state index is 0.644. The molecule has 140 valence electrons. The molecule has 0 spiro atoms. The number of aliphatic imine (C=N–C) groups is 1. The van der Waals surface area contributed by atoms with Crippen molar-refractivity contribution in [1.82, 2.24) is 20.0 Å². The highest BCUT2D eigenvalue weighted by atomic mass is 32.2. The smallest absolute Gasteiger partial charge is 0.193 e. The first kappa shape index (κ1) is 19.9. The van der Waals surface area contributed by atoms with Gasteiger partial charge in [0.1, 0.15) is 0 Å². The molecule has 2 aliphatic heterocycles. The van der Waals surface area contributed by atoms with E-state index in [9.17, 15) is 0 Å². The predicted molar refractivity (Wildman–Crippen MR) is 107 cm³/mol. The summed E-state index contributed by atoms with van der Waals surface area (Å²) in [5, 5.41) is 4.35. The van der Waals surface area contributed by atoms with Gasteiger partial charge in [-0.15, -0.1) is 0 Å². The van der Waals surface area contributed by atoms with Gasteiger partial charge in [-0.3, -0.25) is 4.99 Å². The van der Waals surface area contributed by atoms with E-state index in [0.717, 1.165) is 36.8 Å². The molecule has 0 saturated carbocycles. The van der Waals surface area contributed by atoms with Crippen molar-refractivity contribution >= 4 is 17.7 Å². The maximum absolute atomic E-state index is 4.54. The van der Waals surface area contributed by atoms with Crippen molar-refractivity contribution in [2.75, 3.05) is 72.2 Å². The minimum Gasteiger partial charge on any atom is -0.356 e. The second-order valence-electron chi connectivity index (χ2n) is 7.74. The maximum atomic E-state index is 4.54. The van der Waals surface area contributed by atoms with Crippen molar-refractivity contribution < 1.29 is 0 Å². The third-order valence-corrected chi connectivity index (χ3v) is 6.66. The molecule has 0 aromatic carbocycles. The van der Waals surface area contributed by atoms with Crippen LogP contribution in [0.2, 0.25) is 0 Å². The summed E-state index contributed by atoms with van der Waals surface area (Å²) in [5.41, 5.74) is 0. The summed E-state index contributed by atoms with van der Waals surface area (Å²) in [4.78, 5) is 12.0. The minimum absolute atomic E-state index is 0.644. The molecule has 2 heterocycles. The molecule has 2 unspecified atom stereocenters. The Labute approximate surface area is 153 Å². The number of likely N-dealkylation sites (N-methyl/N-ethyl adjacent to an activating group) is 1. The Kier molecular flexibility index (Phi) is 8.17. The van der Waals surface area contributed by atoms with Gasteiger partial charge in [0.05, 0.1) is 0 Å². The Balaban J connectivity index is 1.74. The van der Waals surface area contributed by atoms with Crippen LogP contribution in [0.4, 0.5) is 0 Å². The summed E-state index contributed by atoms with van der Waals surface area (Å²) in [7, 11) is 4.13. The van der Waals surface area contributed by atoms with Crippen molar-refractivity contribution in [3.05, 3.63) is 0 Å². The second kappa shape index (κ2) is 9.88. The van der Waals surface area contributed by atoms with Crippen molar-refractivity contribution in [2.24, 2.45) is 16.8 Å². The largest absolute Gasteiger partial charge is 0.356 e. The Morgan fingerprint density at radius 2 is 1.88 bits per heavy atom. The highest BCUT2D eigenvalue weighted by Crippen LogP contribution is 2.24. The molecule has 0 radical (unpaired) electrons. The van der Waals surface area contributed by atoms with Gasteiger partial charge in [0.2, 0.25) is 0 Å². The first-order valence-corrected chi connectivity index (χ1v) is 10.5. The van der Waals surface area contributed by atoms with Crippen LogP contribution in [0.3, 0.4) is 0 Å². The quantitative estimate of drug-likeness (QED) is 0.597. The summed E-state index contributed by atoms with van der Waals surface area (Å²) in [6.45, 7) is 16.2. The number of hydrogen-bond donors (Lipinski definition) is 1. The molecule has 2 saturated heterocycles. The first-order valence-electron chi connectivity index (χ1n) is 9.47. The van der Waals surface area contributed by atoms with E-state index < -0.39 is 0 Å². The Morgan fingerprint density at radius 3 is 2.50 bits per heavy atom. The van der Waals surface area contributed by atoms with Crippen LogP contribution in [0.1, 0.15) is 20.8 Å². The Morgan fingerprint density at radius 1 is 1.17 bits per heavy atom. The van der Waals surface area contributed by atoms with Crippen LogP contribution >= 0.6 is 11.8 Å². The molecule has 2 fully saturated rings. The van der Waals surface area contributed by atoms with E-state index in [1.165, 1.54) is 38.5 Å². The van der Waals surface area contributed by atoms with E-state index >= 15 is 0 Å². The molecule has 6 heteroatoms. The first-order chi connectivity index (χ1) is 11.5. The zero-order chi connectivity index (χ0) is 17.5. The van der Waals surface area contributed by atoms with Crippen molar-refractivity contribution in [2.45, 2.75) is 26.0 Å². The lowest BCUT2D eigenvalue weighted by molar-refractivity contribution is 0.139. The van der Waals surface area contributed by atoms with Crippen LogP contribution in [0.15, 0.2) is 4.99 Å². The van der Waals surface area contributed by atoms with Gasteiger partial charge in [-0.1, -0.05) is 20.8 Å². The van der Waals surface area contributed by atoms with Gasteiger partial charge in [0.25, 0.3) is 0 Å². The molecule has 0 aromatic rings. The molecule has 2 atom stereocenters. The van der Waals surface area contributed by atoms with Gasteiger partial charge in [-0.05, 0) is 18.9 Å². The van der Waals surface area contributed by atoms with Gasteiger partial charge in [-0.2, -0.15) is 11.8 Å². The summed E-state index contributed by atoms with van der Waals surface area (Å²) in [6.07, 6.45) is 0. The second-order valence-corrected chi connectivity index (χ2v) is 9.08. The fourth-order valence-corrected chi connectivity index (χ4v) is 4.70. The molecule has 0 amide bonds. The molecule has 0 aliphatic carbocycles. The van der Waals surface area contributed by atoms with Gasteiger partial charge < -0.3 is 20.0 Å². The Bertz CT molecular complexity index is 393. The summed E-state index contributed by atoms with van der Waals surface area (Å²) in [6, 6.07) is 0. The van der Waals surface area contributed by atoms with E-state index in [1.54, 1.807) is 0 Å². The van der Waals surface area contributed by atoms with Crippen molar-refractivity contribution in [3.8, 4) is 0 Å². The van der Waals surface area contributed by atoms with Crippen LogP contribution in [0.5, 0.6) is 0 Å². The third-order valence-electron chi connectivity index (χ3n) is 5.12. The number of guanidine groups is 1. The molecule has 2 rings (SSSR count). The van der Waals surface area contributed by atoms with Crippen molar-refractivity contribution in [3.63, 3.8) is 0 Å². The number of hydrogen-bond acceptors (Lipinski definition) is 4. The van der Waals surface area contributed by atoms with Crippen LogP contribution in [0.25, 0.3) is 0 Å². The zero-order valence-electron chi connectivity index (χ0n) is 16.3. The fraction of sp³-hybridized carbons (Fsp3) is 0.944. The molecule has 1 N–H and O–H groups in total. The highest BCUT2D eigenvalue weighted by Gasteiger charge is 2.25. The summed E-state index contributed by atoms with van der Waals surface area (Å²) >= 11 is 2.12. The maximum Gasteiger partial charge on any atom is 0.193 e. The number of rotatable bonds is 5. The average molecular weight is 356 g/mol. The molecule has 2 aliphatic rings. The predicted octanol–water partition coefficient (Wildman–Crippen LogP) is 1.52. The van der Waals surface area contributed by atoms with Gasteiger partial charge >= 0.3 is 0 Å². The third kappa shape index (κ3) is 6.12. The van der Waals surface area contributed by atoms with Crippen LogP contribution in [-0.2, 0) is 0 Å². The monoisotopic (exact) mass is 355 g/mol. The fourth-order valence-electron chi connectivity index (χ4n) is 3.40. The standard InChI is InChI=1S/C18H37N5S/c1-15(2)17-14-23(10-11-24-17)18(19-4)20-12-16(3)13-22-8-6-21(5)7-9-22/h15-17H,6-14H2,1-5H3,(H,19,20). The topological polar surface area (TPSA) is 34.1 Å². The summed E-state index contributed by atoms with van der Waals surface area (Å²) < 4.78 is 0. The average Bonchev–Trinajstić information content (AvgIpc) is 2.58. The molecular formula is C18H37N5S. The molecule has 24 heavy (non-hydrogen) atoms. The molecule has 0 aromatic heterocycles. The number of piperazine rings is 1. The normalized spacial score (nSPS) is 26.0. The number of nitrogens with zero attached hydrogens (tertiary/aromatic N) is 4. The SMILES string of the molecule is CN=C(NCC(C)CN1CCN(C)CC1)N1CCSC(C(C)C)C1. The summed E-state index contributed by atoms with van der Waals surface area (Å²) in [5.74, 6) is 3.67. The molecular weight excluding hydrogens is 318 g/mol. The highest BCUT2D eigenvalue weighted by molar-refractivity contribution is 8.00. The van der Waals surface area contributed by atoms with E-state index in [0.29, 0.717) is 5.92 Å². The molecule has 5 nitrogen and oxygen atoms in total. The molecule has 0 bridgehead atoms. The lowest BCUT2D eigenvalue weighted by Gasteiger charge is -2.37. The van der Waals surface area contributed by atoms with Crippen LogP contribution in [0, 0.1) is 11.8 Å². The zero-order valence-corrected chi connectivity index (χ0v) is 17.1. The van der Waals surface area contributed by atoms with Gasteiger partial charge in [0, 0.05) is 70.4 Å². The lowest BCUT2D eigenvalue weighted by atomic mass is 10.1. The van der Waals surface area contributed by atoms with E-state index in [2.05, 4.69) is 64.6 Å². The van der Waals surface area contributed by atoms with Gasteiger partial charge in [-0.25, -0.2) is 0 Å². The van der Waals surface area contributed by atoms with E-state index in [-0.39, 0.29) is 0 Å². The van der Waals surface area contributed by atoms with Crippen LogP contribution in [-0.4, -0.2) is 98.1 Å². The number of thioether (sulfide) groups is 1. The van der Waals surface area contributed by atoms with E-state index in [4.69, 9.17) is 0 Å². The van der Waals surface area contributed by atoms with E-state index in [1.807, 2.05) is 7.05 Å². The number of nitrogens with one attached hydrogen (secondary N) is 1. The lowest BCUT2D eigenvalue weighted by Crippen LogP contribution is -2.51. The van der Waals surface area contributed by atoms with Gasteiger partial charge in [0.15, 0.2) is 5.96 Å².